The minimum absolute atomic E-state index is 0.0754. The predicted octanol–water partition coefficient (Wildman–Crippen LogP) is 3.06. The van der Waals surface area contributed by atoms with Crippen LogP contribution in [0.25, 0.3) is 0 Å². The van der Waals surface area contributed by atoms with Crippen molar-refractivity contribution in [2.75, 3.05) is 51.1 Å². The molecule has 0 aromatic heterocycles. The van der Waals surface area contributed by atoms with E-state index in [0.717, 1.165) is 12.1 Å². The summed E-state index contributed by atoms with van der Waals surface area (Å²) in [6.07, 6.45) is -4.73. The Morgan fingerprint density at radius 2 is 1.74 bits per heavy atom. The number of rotatable bonds is 5. The lowest BCUT2D eigenvalue weighted by molar-refractivity contribution is -0.137. The molecule has 1 heterocycles. The molecule has 0 saturated carbocycles. The largest absolute Gasteiger partial charge is 0.497 e. The Bertz CT molecular complexity index is 1130. The number of anilines is 2. The second-order valence-corrected chi connectivity index (χ2v) is 7.64. The lowest BCUT2D eigenvalue weighted by Crippen LogP contribution is -2.60. The van der Waals surface area contributed by atoms with Gasteiger partial charge >= 0.3 is 12.2 Å². The van der Waals surface area contributed by atoms with Gasteiger partial charge in [-0.3, -0.25) is 4.79 Å². The lowest BCUT2D eigenvalue weighted by Gasteiger charge is -2.41. The molecule has 3 amide bonds. The molecule has 12 heteroatoms. The van der Waals surface area contributed by atoms with E-state index >= 15 is 0 Å². The van der Waals surface area contributed by atoms with Crippen LogP contribution in [0.5, 0.6) is 11.5 Å². The highest BCUT2D eigenvalue weighted by Crippen LogP contribution is 2.35. The molecule has 9 nitrogen and oxygen atoms in total. The molecule has 35 heavy (non-hydrogen) atoms. The van der Waals surface area contributed by atoms with Crippen molar-refractivity contribution in [3.05, 3.63) is 47.5 Å². The average molecular weight is 491 g/mol. The molecule has 1 aliphatic rings. The summed E-state index contributed by atoms with van der Waals surface area (Å²) in [7, 11) is 4.35. The number of alkyl halides is 3. The molecule has 186 valence electrons. The minimum atomic E-state index is -4.73. The minimum Gasteiger partial charge on any atom is -0.497 e. The molecular formula is C23H24F3N5O4. The number of carbonyl (C=O) groups excluding carboxylic acids is 2. The first-order valence-corrected chi connectivity index (χ1v) is 10.5. The zero-order valence-electron chi connectivity index (χ0n) is 19.3. The number of hydrogen-bond donors (Lipinski definition) is 2. The zero-order chi connectivity index (χ0) is 25.8. The molecule has 0 aliphatic carbocycles. The molecule has 0 spiro atoms. The fourth-order valence-corrected chi connectivity index (χ4v) is 3.79. The number of piperazine rings is 1. The Morgan fingerprint density at radius 3 is 2.29 bits per heavy atom. The molecule has 0 bridgehead atoms. The van der Waals surface area contributed by atoms with Crippen LogP contribution in [0.15, 0.2) is 36.4 Å². The van der Waals surface area contributed by atoms with Crippen LogP contribution in [0.4, 0.5) is 29.3 Å². The first-order chi connectivity index (χ1) is 16.6. The first-order valence-electron chi connectivity index (χ1n) is 10.5. The Kier molecular flexibility index (Phi) is 7.58. The number of urea groups is 1. The summed E-state index contributed by atoms with van der Waals surface area (Å²) in [6.45, 7) is 0.159. The number of amides is 3. The number of carbonyl (C=O) groups is 2. The van der Waals surface area contributed by atoms with E-state index in [-0.39, 0.29) is 25.3 Å². The van der Waals surface area contributed by atoms with Gasteiger partial charge in [0.25, 0.3) is 0 Å². The van der Waals surface area contributed by atoms with Gasteiger partial charge in [0.15, 0.2) is 0 Å². The molecule has 1 aliphatic heterocycles. The van der Waals surface area contributed by atoms with Gasteiger partial charge in [0.1, 0.15) is 17.5 Å². The van der Waals surface area contributed by atoms with E-state index in [1.807, 2.05) is 0 Å². The molecule has 2 aromatic carbocycles. The number of nitrogens with one attached hydrogen (secondary N) is 2. The van der Waals surface area contributed by atoms with Crippen LogP contribution in [0.1, 0.15) is 11.1 Å². The number of likely N-dealkylation sites (N-methyl/N-ethyl adjacent to an activating group) is 1. The van der Waals surface area contributed by atoms with Gasteiger partial charge in [-0.2, -0.15) is 18.4 Å². The van der Waals surface area contributed by atoms with Crippen LogP contribution in [-0.2, 0) is 11.0 Å². The maximum absolute atomic E-state index is 13.5. The van der Waals surface area contributed by atoms with E-state index in [1.165, 1.54) is 37.1 Å². The van der Waals surface area contributed by atoms with E-state index in [9.17, 15) is 22.8 Å². The summed E-state index contributed by atoms with van der Waals surface area (Å²) in [5, 5.41) is 14.3. The van der Waals surface area contributed by atoms with Crippen molar-refractivity contribution < 1.29 is 32.2 Å². The van der Waals surface area contributed by atoms with E-state index in [1.54, 1.807) is 24.3 Å². The summed E-state index contributed by atoms with van der Waals surface area (Å²) in [6, 6.07) is 8.23. The fraction of sp³-hybridized carbons (Fsp3) is 0.348. The Morgan fingerprint density at radius 1 is 1.09 bits per heavy atom. The van der Waals surface area contributed by atoms with Crippen LogP contribution >= 0.6 is 0 Å². The first kappa shape index (κ1) is 25.5. The van der Waals surface area contributed by atoms with Gasteiger partial charge in [0.2, 0.25) is 5.91 Å². The number of nitriles is 1. The molecule has 3 rings (SSSR count). The Balaban J connectivity index is 1.84. The number of halogens is 3. The van der Waals surface area contributed by atoms with Crippen molar-refractivity contribution in [3.8, 4) is 17.6 Å². The van der Waals surface area contributed by atoms with Crippen molar-refractivity contribution >= 4 is 23.3 Å². The van der Waals surface area contributed by atoms with Crippen molar-refractivity contribution in [2.45, 2.75) is 12.2 Å². The number of nitrogens with zero attached hydrogens (tertiary/aromatic N) is 3. The molecular weight excluding hydrogens is 467 g/mol. The number of ether oxygens (including phenoxy) is 2. The SMILES string of the molecule is CNC(=O)C1CN(C(=O)Nc2cc(OC)cc(OC)c2)CCN1c1ccc(C#N)c(C(F)(F)F)c1. The van der Waals surface area contributed by atoms with Gasteiger partial charge in [-0.05, 0) is 18.2 Å². The van der Waals surface area contributed by atoms with Crippen molar-refractivity contribution in [1.29, 1.82) is 5.26 Å². The third-order valence-electron chi connectivity index (χ3n) is 5.58. The van der Waals surface area contributed by atoms with Crippen molar-refractivity contribution in [3.63, 3.8) is 0 Å². The van der Waals surface area contributed by atoms with Crippen LogP contribution in [0.2, 0.25) is 0 Å². The third kappa shape index (κ3) is 5.68. The van der Waals surface area contributed by atoms with Crippen LogP contribution in [0.3, 0.4) is 0 Å². The summed E-state index contributed by atoms with van der Waals surface area (Å²) in [5.74, 6) is 0.464. The van der Waals surface area contributed by atoms with Crippen molar-refractivity contribution in [2.24, 2.45) is 0 Å². The molecule has 1 saturated heterocycles. The number of hydrogen-bond acceptors (Lipinski definition) is 6. The van der Waals surface area contributed by atoms with Gasteiger partial charge < -0.3 is 29.9 Å². The van der Waals surface area contributed by atoms with Crippen molar-refractivity contribution in [1.82, 2.24) is 10.2 Å². The standard InChI is InChI=1S/C23H24F3N5O4/c1-28-21(32)20-13-30(22(33)29-15-8-17(34-2)11-18(9-15)35-3)6-7-31(20)16-5-4-14(12-27)19(10-16)23(24,25)26/h4-5,8-11,20H,6-7,13H2,1-3H3,(H,28,32)(H,29,33). The van der Waals surface area contributed by atoms with Gasteiger partial charge in [-0.1, -0.05) is 0 Å². The third-order valence-corrected chi connectivity index (χ3v) is 5.58. The maximum Gasteiger partial charge on any atom is 0.417 e. The number of methoxy groups -OCH3 is 2. The monoisotopic (exact) mass is 491 g/mol. The number of benzene rings is 2. The molecule has 1 fully saturated rings. The van der Waals surface area contributed by atoms with E-state index in [4.69, 9.17) is 14.7 Å². The molecule has 1 atom stereocenters. The van der Waals surface area contributed by atoms with Gasteiger partial charge in [-0.25, -0.2) is 4.79 Å². The average Bonchev–Trinajstić information content (AvgIpc) is 2.86. The molecule has 0 radical (unpaired) electrons. The highest BCUT2D eigenvalue weighted by Gasteiger charge is 2.37. The molecule has 2 N–H and O–H groups in total. The van der Waals surface area contributed by atoms with Gasteiger partial charge in [0.05, 0.1) is 38.0 Å². The highest BCUT2D eigenvalue weighted by molar-refractivity contribution is 5.92. The summed E-state index contributed by atoms with van der Waals surface area (Å²) >= 11 is 0. The summed E-state index contributed by atoms with van der Waals surface area (Å²) in [4.78, 5) is 28.5. The summed E-state index contributed by atoms with van der Waals surface area (Å²) in [5.41, 5.74) is -1.06. The molecule has 2 aromatic rings. The van der Waals surface area contributed by atoms with Crippen LogP contribution < -0.4 is 25.0 Å². The van der Waals surface area contributed by atoms with Gasteiger partial charge in [0, 0.05) is 49.7 Å². The second-order valence-electron chi connectivity index (χ2n) is 7.64. The highest BCUT2D eigenvalue weighted by atomic mass is 19.4. The second kappa shape index (κ2) is 10.4. The van der Waals surface area contributed by atoms with Crippen LogP contribution in [0, 0.1) is 11.3 Å². The Hall–Kier alpha value is -4.14. The quantitative estimate of drug-likeness (QED) is 0.666. The predicted molar refractivity (Wildman–Crippen MR) is 121 cm³/mol. The van der Waals surface area contributed by atoms with E-state index < -0.39 is 35.3 Å². The van der Waals surface area contributed by atoms with Crippen LogP contribution in [-0.4, -0.2) is 63.8 Å². The lowest BCUT2D eigenvalue weighted by atomic mass is 10.0. The zero-order valence-corrected chi connectivity index (χ0v) is 19.3. The smallest absolute Gasteiger partial charge is 0.417 e. The summed E-state index contributed by atoms with van der Waals surface area (Å²) < 4.78 is 50.8. The molecule has 1 unspecified atom stereocenters. The van der Waals surface area contributed by atoms with E-state index in [2.05, 4.69) is 10.6 Å². The normalized spacial score (nSPS) is 15.7. The van der Waals surface area contributed by atoms with Gasteiger partial charge in [-0.15, -0.1) is 0 Å². The Labute approximate surface area is 200 Å². The topological polar surface area (TPSA) is 107 Å². The fourth-order valence-electron chi connectivity index (χ4n) is 3.79. The van der Waals surface area contributed by atoms with E-state index in [0.29, 0.717) is 17.2 Å². The maximum atomic E-state index is 13.5.